The predicted octanol–water partition coefficient (Wildman–Crippen LogP) is 5.39. The van der Waals surface area contributed by atoms with Crippen molar-refractivity contribution in [1.82, 2.24) is 9.97 Å². The fraction of sp³-hybridized carbons (Fsp3) is 0.565. The molecule has 2 heterocycles. The Morgan fingerprint density at radius 3 is 2.59 bits per heavy atom. The van der Waals surface area contributed by atoms with Crippen molar-refractivity contribution in [3.8, 4) is 0 Å². The Labute approximate surface area is 162 Å². The SMILES string of the molecule is CC(C)c1nc(NC2CCCCC2)cc(N2C[C@H]3C[C@H]2c2ccccc23)n1. The number of nitrogens with one attached hydrogen (secondary N) is 1. The first-order valence-corrected chi connectivity index (χ1v) is 10.7. The van der Waals surface area contributed by atoms with Crippen molar-refractivity contribution in [2.24, 2.45) is 0 Å². The summed E-state index contributed by atoms with van der Waals surface area (Å²) in [4.78, 5) is 12.4. The summed E-state index contributed by atoms with van der Waals surface area (Å²) in [7, 11) is 0. The standard InChI is InChI=1S/C23H30N4/c1-15(2)23-25-21(24-17-8-4-3-5-9-17)13-22(26-23)27-14-16-12-20(27)19-11-7-6-10-18(16)19/h6-7,10-11,13,15-17,20H,3-5,8-9,12,14H2,1-2H3,(H,24,25,26)/t16-,20+/m1/s1. The van der Waals surface area contributed by atoms with E-state index < -0.39 is 0 Å². The number of rotatable bonds is 4. The van der Waals surface area contributed by atoms with Crippen LogP contribution in [0.3, 0.4) is 0 Å². The second kappa shape index (κ2) is 6.81. The van der Waals surface area contributed by atoms with Gasteiger partial charge in [-0.15, -0.1) is 0 Å². The molecule has 4 nitrogen and oxygen atoms in total. The lowest BCUT2D eigenvalue weighted by Crippen LogP contribution is -2.29. The molecule has 0 spiro atoms. The van der Waals surface area contributed by atoms with Crippen molar-refractivity contribution in [3.05, 3.63) is 47.3 Å². The molecule has 1 aliphatic heterocycles. The average molecular weight is 363 g/mol. The predicted molar refractivity (Wildman–Crippen MR) is 111 cm³/mol. The van der Waals surface area contributed by atoms with E-state index in [1.54, 1.807) is 5.56 Å². The summed E-state index contributed by atoms with van der Waals surface area (Å²) in [5.74, 6) is 4.07. The Morgan fingerprint density at radius 2 is 1.81 bits per heavy atom. The van der Waals surface area contributed by atoms with E-state index in [-0.39, 0.29) is 0 Å². The van der Waals surface area contributed by atoms with Gasteiger partial charge in [0, 0.05) is 30.5 Å². The number of benzene rings is 1. The maximum atomic E-state index is 4.97. The highest BCUT2D eigenvalue weighted by Crippen LogP contribution is 2.51. The Morgan fingerprint density at radius 1 is 1.04 bits per heavy atom. The topological polar surface area (TPSA) is 41.1 Å². The summed E-state index contributed by atoms with van der Waals surface area (Å²) in [6, 6.07) is 12.2. The number of aromatic nitrogens is 2. The summed E-state index contributed by atoms with van der Waals surface area (Å²) in [5.41, 5.74) is 3.05. The third-order valence-electron chi connectivity index (χ3n) is 6.59. The first-order valence-electron chi connectivity index (χ1n) is 10.7. The van der Waals surface area contributed by atoms with Crippen LogP contribution in [0.5, 0.6) is 0 Å². The monoisotopic (exact) mass is 362 g/mol. The van der Waals surface area contributed by atoms with Crippen molar-refractivity contribution >= 4 is 11.6 Å². The van der Waals surface area contributed by atoms with Crippen molar-refractivity contribution in [2.75, 3.05) is 16.8 Å². The minimum Gasteiger partial charge on any atom is -0.367 e. The van der Waals surface area contributed by atoms with Gasteiger partial charge >= 0.3 is 0 Å². The van der Waals surface area contributed by atoms with E-state index in [1.165, 1.54) is 44.1 Å². The Balaban J connectivity index is 1.45. The molecule has 5 rings (SSSR count). The zero-order valence-corrected chi connectivity index (χ0v) is 16.5. The molecule has 4 heteroatoms. The molecule has 1 saturated heterocycles. The molecule has 2 aromatic rings. The van der Waals surface area contributed by atoms with Gasteiger partial charge in [-0.1, -0.05) is 57.4 Å². The number of hydrogen-bond acceptors (Lipinski definition) is 4. The fourth-order valence-corrected chi connectivity index (χ4v) is 5.18. The molecule has 0 unspecified atom stereocenters. The van der Waals surface area contributed by atoms with E-state index in [9.17, 15) is 0 Å². The quantitative estimate of drug-likeness (QED) is 0.791. The van der Waals surface area contributed by atoms with Crippen LogP contribution >= 0.6 is 0 Å². The number of fused-ring (bicyclic) bond motifs is 5. The normalized spacial score (nSPS) is 24.5. The van der Waals surface area contributed by atoms with Gasteiger partial charge in [0.15, 0.2) is 0 Å². The maximum Gasteiger partial charge on any atom is 0.135 e. The van der Waals surface area contributed by atoms with E-state index in [1.807, 2.05) is 0 Å². The molecule has 2 fully saturated rings. The second-order valence-corrected chi connectivity index (χ2v) is 8.83. The summed E-state index contributed by atoms with van der Waals surface area (Å²) in [6.45, 7) is 5.46. The zero-order chi connectivity index (χ0) is 18.4. The number of hydrogen-bond donors (Lipinski definition) is 1. The first kappa shape index (κ1) is 17.0. The molecule has 2 aliphatic carbocycles. The zero-order valence-electron chi connectivity index (χ0n) is 16.5. The molecule has 0 radical (unpaired) electrons. The molecular weight excluding hydrogens is 332 g/mol. The lowest BCUT2D eigenvalue weighted by molar-refractivity contribution is 0.461. The average Bonchev–Trinajstić information content (AvgIpc) is 3.28. The minimum absolute atomic E-state index is 0.337. The molecule has 0 amide bonds. The van der Waals surface area contributed by atoms with Gasteiger partial charge in [-0.25, -0.2) is 9.97 Å². The number of anilines is 2. The highest BCUT2D eigenvalue weighted by Gasteiger charge is 2.42. The maximum absolute atomic E-state index is 4.97. The van der Waals surface area contributed by atoms with Crippen LogP contribution in [0.1, 0.15) is 87.2 Å². The molecule has 142 valence electrons. The van der Waals surface area contributed by atoms with Crippen LogP contribution in [0.15, 0.2) is 30.3 Å². The molecule has 1 N–H and O–H groups in total. The van der Waals surface area contributed by atoms with Gasteiger partial charge in [0.1, 0.15) is 17.5 Å². The van der Waals surface area contributed by atoms with Crippen LogP contribution in [0.4, 0.5) is 11.6 Å². The van der Waals surface area contributed by atoms with E-state index >= 15 is 0 Å². The minimum atomic E-state index is 0.337. The second-order valence-electron chi connectivity index (χ2n) is 8.83. The van der Waals surface area contributed by atoms with Gasteiger partial charge in [-0.3, -0.25) is 0 Å². The Hall–Kier alpha value is -2.10. The van der Waals surface area contributed by atoms with Gasteiger partial charge < -0.3 is 10.2 Å². The Kier molecular flexibility index (Phi) is 4.30. The van der Waals surface area contributed by atoms with Crippen LogP contribution in [0, 0.1) is 0 Å². The smallest absolute Gasteiger partial charge is 0.135 e. The molecule has 27 heavy (non-hydrogen) atoms. The highest BCUT2D eigenvalue weighted by atomic mass is 15.3. The lowest BCUT2D eigenvalue weighted by atomic mass is 9.95. The van der Waals surface area contributed by atoms with Crippen LogP contribution < -0.4 is 10.2 Å². The molecular formula is C23H30N4. The van der Waals surface area contributed by atoms with Crippen molar-refractivity contribution in [1.29, 1.82) is 0 Å². The van der Waals surface area contributed by atoms with Crippen molar-refractivity contribution in [2.45, 2.75) is 76.3 Å². The molecule has 3 aliphatic rings. The third-order valence-corrected chi connectivity index (χ3v) is 6.59. The highest BCUT2D eigenvalue weighted by molar-refractivity contribution is 5.57. The Bertz CT molecular complexity index is 825. The largest absolute Gasteiger partial charge is 0.367 e. The third kappa shape index (κ3) is 3.09. The molecule has 1 saturated carbocycles. The lowest BCUT2D eigenvalue weighted by Gasteiger charge is -2.31. The van der Waals surface area contributed by atoms with E-state index in [0.29, 0.717) is 23.9 Å². The van der Waals surface area contributed by atoms with Crippen LogP contribution in [0.25, 0.3) is 0 Å². The molecule has 1 aromatic heterocycles. The van der Waals surface area contributed by atoms with E-state index in [0.717, 1.165) is 24.0 Å². The summed E-state index contributed by atoms with van der Waals surface area (Å²) in [5, 5.41) is 3.73. The van der Waals surface area contributed by atoms with Gasteiger partial charge in [-0.2, -0.15) is 0 Å². The van der Waals surface area contributed by atoms with Crippen LogP contribution in [0.2, 0.25) is 0 Å². The van der Waals surface area contributed by atoms with Crippen molar-refractivity contribution < 1.29 is 0 Å². The van der Waals surface area contributed by atoms with Gasteiger partial charge in [-0.05, 0) is 30.4 Å². The van der Waals surface area contributed by atoms with Crippen LogP contribution in [-0.4, -0.2) is 22.6 Å². The van der Waals surface area contributed by atoms with Crippen molar-refractivity contribution in [3.63, 3.8) is 0 Å². The molecule has 2 atom stereocenters. The molecule has 2 bridgehead atoms. The van der Waals surface area contributed by atoms with Gasteiger partial charge in [0.05, 0.1) is 6.04 Å². The summed E-state index contributed by atoms with van der Waals surface area (Å²) < 4.78 is 0. The van der Waals surface area contributed by atoms with Gasteiger partial charge in [0.2, 0.25) is 0 Å². The summed E-state index contributed by atoms with van der Waals surface area (Å²) in [6.07, 6.45) is 7.79. The number of nitrogens with zero attached hydrogens (tertiary/aromatic N) is 3. The molecule has 1 aromatic carbocycles. The fourth-order valence-electron chi connectivity index (χ4n) is 5.18. The summed E-state index contributed by atoms with van der Waals surface area (Å²) >= 11 is 0. The van der Waals surface area contributed by atoms with E-state index in [4.69, 9.17) is 9.97 Å². The van der Waals surface area contributed by atoms with E-state index in [2.05, 4.69) is 54.4 Å². The van der Waals surface area contributed by atoms with Crippen LogP contribution in [-0.2, 0) is 0 Å². The first-order chi connectivity index (χ1) is 13.2. The van der Waals surface area contributed by atoms with Gasteiger partial charge in [0.25, 0.3) is 0 Å².